The summed E-state index contributed by atoms with van der Waals surface area (Å²) < 4.78 is 37.4. The number of hydrogen-bond donors (Lipinski definition) is 0. The Labute approximate surface area is 222 Å². The molecule has 0 heterocycles. The van der Waals surface area contributed by atoms with Gasteiger partial charge in [-0.2, -0.15) is 8.42 Å². The number of benzene rings is 1. The van der Waals surface area contributed by atoms with E-state index in [-0.39, 0.29) is 39.6 Å². The molecule has 4 saturated carbocycles. The molecule has 7 heteroatoms. The molecular formula is C30H42O6S. The van der Waals surface area contributed by atoms with E-state index in [1.807, 2.05) is 13.8 Å². The van der Waals surface area contributed by atoms with Gasteiger partial charge >= 0.3 is 5.97 Å². The molecule has 204 valence electrons. The summed E-state index contributed by atoms with van der Waals surface area (Å²) >= 11 is 0. The van der Waals surface area contributed by atoms with Crippen LogP contribution in [0.4, 0.5) is 0 Å². The van der Waals surface area contributed by atoms with E-state index in [1.165, 1.54) is 6.92 Å². The molecule has 4 aliphatic carbocycles. The second kappa shape index (κ2) is 9.48. The maximum Gasteiger partial charge on any atom is 0.302 e. The van der Waals surface area contributed by atoms with Crippen LogP contribution in [-0.4, -0.2) is 32.4 Å². The molecule has 5 rings (SSSR count). The lowest BCUT2D eigenvalue weighted by atomic mass is 9.44. The Hall–Kier alpha value is -1.73. The van der Waals surface area contributed by atoms with Gasteiger partial charge in [-0.25, -0.2) is 0 Å². The molecule has 4 fully saturated rings. The molecule has 0 N–H and O–H groups in total. The van der Waals surface area contributed by atoms with Crippen molar-refractivity contribution in [1.82, 2.24) is 0 Å². The van der Waals surface area contributed by atoms with Gasteiger partial charge in [0, 0.05) is 19.3 Å². The number of carbonyl (C=O) groups is 2. The van der Waals surface area contributed by atoms with Gasteiger partial charge in [-0.1, -0.05) is 31.5 Å². The normalized spacial score (nSPS) is 40.3. The molecule has 37 heavy (non-hydrogen) atoms. The predicted octanol–water partition coefficient (Wildman–Crippen LogP) is 5.86. The summed E-state index contributed by atoms with van der Waals surface area (Å²) in [5.41, 5.74) is 0.697. The lowest BCUT2D eigenvalue weighted by Crippen LogP contribution is -2.58. The highest BCUT2D eigenvalue weighted by molar-refractivity contribution is 7.86. The molecular weight excluding hydrogens is 488 g/mol. The van der Waals surface area contributed by atoms with Crippen molar-refractivity contribution in [3.63, 3.8) is 0 Å². The molecule has 0 aliphatic heterocycles. The summed E-state index contributed by atoms with van der Waals surface area (Å²) in [6.07, 6.45) is 6.58. The highest BCUT2D eigenvalue weighted by Gasteiger charge is 2.64. The summed E-state index contributed by atoms with van der Waals surface area (Å²) in [6.45, 7) is 9.80. The lowest BCUT2D eigenvalue weighted by molar-refractivity contribution is -0.170. The molecule has 0 radical (unpaired) electrons. The van der Waals surface area contributed by atoms with Crippen LogP contribution in [0.5, 0.6) is 0 Å². The van der Waals surface area contributed by atoms with Gasteiger partial charge in [0.25, 0.3) is 10.1 Å². The third-order valence-electron chi connectivity index (χ3n) is 10.9. The molecule has 1 aromatic rings. The summed E-state index contributed by atoms with van der Waals surface area (Å²) in [5, 5.41) is 0. The Morgan fingerprint density at radius 3 is 2.41 bits per heavy atom. The lowest BCUT2D eigenvalue weighted by Gasteiger charge is -2.60. The Morgan fingerprint density at radius 1 is 1.03 bits per heavy atom. The monoisotopic (exact) mass is 530 g/mol. The van der Waals surface area contributed by atoms with Gasteiger partial charge in [0.2, 0.25) is 0 Å². The SMILES string of the molecule is CC(=O)O[C@@H]1CCC2(C)C(CCC3C4CCC(C(C)OS(=O)(=O)c5ccc(C)cc5)C4(C)CC(=O)C32)C1. The Bertz CT molecular complexity index is 1160. The van der Waals surface area contributed by atoms with Crippen molar-refractivity contribution in [3.05, 3.63) is 29.8 Å². The molecule has 6 nitrogen and oxygen atoms in total. The van der Waals surface area contributed by atoms with Crippen LogP contribution < -0.4 is 0 Å². The van der Waals surface area contributed by atoms with Crippen LogP contribution in [0, 0.1) is 47.3 Å². The van der Waals surface area contributed by atoms with Crippen molar-refractivity contribution in [2.24, 2.45) is 40.4 Å². The van der Waals surface area contributed by atoms with Crippen molar-refractivity contribution in [3.8, 4) is 0 Å². The first-order valence-corrected chi connectivity index (χ1v) is 15.5. The largest absolute Gasteiger partial charge is 0.463 e. The third kappa shape index (κ3) is 4.58. The zero-order chi connectivity index (χ0) is 26.8. The zero-order valence-electron chi connectivity index (χ0n) is 22.9. The number of hydrogen-bond acceptors (Lipinski definition) is 6. The van der Waals surface area contributed by atoms with Crippen LogP contribution in [0.1, 0.15) is 84.6 Å². The van der Waals surface area contributed by atoms with Gasteiger partial charge in [-0.3, -0.25) is 13.8 Å². The van der Waals surface area contributed by atoms with Crippen molar-refractivity contribution in [2.75, 3.05) is 0 Å². The predicted molar refractivity (Wildman–Crippen MR) is 140 cm³/mol. The maximum atomic E-state index is 14.0. The van der Waals surface area contributed by atoms with Gasteiger partial charge in [-0.15, -0.1) is 0 Å². The minimum Gasteiger partial charge on any atom is -0.463 e. The number of ketones is 1. The van der Waals surface area contributed by atoms with Crippen LogP contribution in [0.3, 0.4) is 0 Å². The number of rotatable bonds is 5. The first-order chi connectivity index (χ1) is 17.3. The quantitative estimate of drug-likeness (QED) is 0.350. The molecule has 8 unspecified atom stereocenters. The van der Waals surface area contributed by atoms with E-state index >= 15 is 0 Å². The van der Waals surface area contributed by atoms with Crippen LogP contribution in [-0.2, 0) is 28.6 Å². The molecule has 0 amide bonds. The Balaban J connectivity index is 1.34. The number of esters is 1. The maximum absolute atomic E-state index is 14.0. The summed E-state index contributed by atoms with van der Waals surface area (Å²) in [4.78, 5) is 25.7. The summed E-state index contributed by atoms with van der Waals surface area (Å²) in [6, 6.07) is 6.76. The molecule has 0 saturated heterocycles. The van der Waals surface area contributed by atoms with E-state index in [2.05, 4.69) is 13.8 Å². The van der Waals surface area contributed by atoms with Crippen LogP contribution in [0.15, 0.2) is 29.2 Å². The van der Waals surface area contributed by atoms with E-state index < -0.39 is 16.2 Å². The number of Topliss-reactive ketones (excluding diaryl/α,β-unsaturated/α-hetero) is 1. The fourth-order valence-electron chi connectivity index (χ4n) is 9.21. The highest BCUT2D eigenvalue weighted by Crippen LogP contribution is 2.67. The smallest absolute Gasteiger partial charge is 0.302 e. The van der Waals surface area contributed by atoms with Gasteiger partial charge in [0.15, 0.2) is 0 Å². The third-order valence-corrected chi connectivity index (χ3v) is 12.3. The van der Waals surface area contributed by atoms with E-state index in [1.54, 1.807) is 24.3 Å². The summed E-state index contributed by atoms with van der Waals surface area (Å²) in [7, 11) is -3.88. The first kappa shape index (κ1) is 26.9. The van der Waals surface area contributed by atoms with E-state index in [4.69, 9.17) is 8.92 Å². The Kier molecular flexibility index (Phi) is 6.88. The van der Waals surface area contributed by atoms with Crippen molar-refractivity contribution in [2.45, 2.75) is 103 Å². The second-order valence-corrected chi connectivity index (χ2v) is 14.5. The molecule has 0 spiro atoms. The average molecular weight is 531 g/mol. The molecule has 9 atom stereocenters. The van der Waals surface area contributed by atoms with Crippen molar-refractivity contribution in [1.29, 1.82) is 0 Å². The molecule has 4 aliphatic rings. The molecule has 0 bridgehead atoms. The van der Waals surface area contributed by atoms with Crippen molar-refractivity contribution < 1.29 is 26.9 Å². The fraction of sp³-hybridized carbons (Fsp3) is 0.733. The zero-order valence-corrected chi connectivity index (χ0v) is 23.7. The number of fused-ring (bicyclic) bond motifs is 5. The van der Waals surface area contributed by atoms with Crippen molar-refractivity contribution >= 4 is 21.9 Å². The van der Waals surface area contributed by atoms with Gasteiger partial charge in [-0.05, 0) is 105 Å². The van der Waals surface area contributed by atoms with E-state index in [0.29, 0.717) is 30.0 Å². The highest BCUT2D eigenvalue weighted by atomic mass is 32.2. The van der Waals surface area contributed by atoms with Gasteiger partial charge in [0.05, 0.1) is 11.0 Å². The topological polar surface area (TPSA) is 86.7 Å². The van der Waals surface area contributed by atoms with Gasteiger partial charge < -0.3 is 4.74 Å². The van der Waals surface area contributed by atoms with Gasteiger partial charge in [0.1, 0.15) is 11.9 Å². The van der Waals surface area contributed by atoms with E-state index in [9.17, 15) is 18.0 Å². The number of ether oxygens (including phenoxy) is 1. The standard InChI is InChI=1S/C30H42O6S/c1-18-6-9-23(10-7-18)37(33,34)36-19(2)25-12-13-26-24-11-8-21-16-22(35-20(3)31)14-15-29(21,4)28(24)27(32)17-30(25,26)5/h6-7,9-10,19,21-22,24-26,28H,8,11-17H2,1-5H3/t19?,21?,22-,24?,25?,26?,28?,29?,30?/m1/s1. The second-order valence-electron chi connectivity index (χ2n) is 12.9. The van der Waals surface area contributed by atoms with Crippen LogP contribution in [0.2, 0.25) is 0 Å². The summed E-state index contributed by atoms with van der Waals surface area (Å²) in [5.74, 6) is 1.34. The first-order valence-electron chi connectivity index (χ1n) is 14.0. The minimum atomic E-state index is -3.88. The number of carbonyl (C=O) groups excluding carboxylic acids is 2. The van der Waals surface area contributed by atoms with Crippen LogP contribution in [0.25, 0.3) is 0 Å². The molecule has 1 aromatic carbocycles. The average Bonchev–Trinajstić information content (AvgIpc) is 3.15. The Morgan fingerprint density at radius 2 is 1.73 bits per heavy atom. The van der Waals surface area contributed by atoms with Crippen LogP contribution >= 0.6 is 0 Å². The fourth-order valence-corrected chi connectivity index (χ4v) is 10.3. The van der Waals surface area contributed by atoms with E-state index in [0.717, 1.165) is 50.5 Å². The molecule has 0 aromatic heterocycles. The number of aryl methyl sites for hydroxylation is 1. The minimum absolute atomic E-state index is 0.0212.